The van der Waals surface area contributed by atoms with Crippen LogP contribution in [0.15, 0.2) is 77.8 Å². The average molecular weight is 327 g/mol. The molecule has 0 amide bonds. The molecule has 3 aromatic carbocycles. The number of ketones is 1. The van der Waals surface area contributed by atoms with Crippen molar-refractivity contribution in [3.63, 3.8) is 0 Å². The molecule has 25 heavy (non-hydrogen) atoms. The molecule has 4 rings (SSSR count). The molecule has 0 saturated carbocycles. The van der Waals surface area contributed by atoms with Crippen LogP contribution in [0.4, 0.5) is 0 Å². The van der Waals surface area contributed by atoms with Gasteiger partial charge < -0.3 is 0 Å². The molecule has 1 atom stereocenters. The minimum absolute atomic E-state index is 0.173. The zero-order valence-electron chi connectivity index (χ0n) is 14.4. The van der Waals surface area contributed by atoms with Crippen LogP contribution < -0.4 is 0 Å². The summed E-state index contributed by atoms with van der Waals surface area (Å²) < 4.78 is 0. The Labute approximate surface area is 148 Å². The van der Waals surface area contributed by atoms with E-state index in [1.807, 2.05) is 48.5 Å². The molecular weight excluding hydrogens is 306 g/mol. The number of nitrogens with zero attached hydrogens (tertiary/aromatic N) is 1. The van der Waals surface area contributed by atoms with Gasteiger partial charge in [-0.25, -0.2) is 0 Å². The Hall–Kier alpha value is -2.74. The quantitative estimate of drug-likeness (QED) is 0.586. The summed E-state index contributed by atoms with van der Waals surface area (Å²) in [4.78, 5) is 17.7. The van der Waals surface area contributed by atoms with Gasteiger partial charge in [-0.1, -0.05) is 66.7 Å². The second-order valence-corrected chi connectivity index (χ2v) is 7.08. The normalized spacial score (nSPS) is 19.8. The lowest BCUT2D eigenvalue weighted by Gasteiger charge is -2.19. The van der Waals surface area contributed by atoms with Gasteiger partial charge in [0.15, 0.2) is 5.78 Å². The highest BCUT2D eigenvalue weighted by atomic mass is 16.1. The van der Waals surface area contributed by atoms with Gasteiger partial charge in [-0.15, -0.1) is 0 Å². The minimum atomic E-state index is -0.298. The maximum absolute atomic E-state index is 12.8. The van der Waals surface area contributed by atoms with Crippen molar-refractivity contribution in [3.05, 3.63) is 83.9 Å². The van der Waals surface area contributed by atoms with Crippen molar-refractivity contribution in [3.8, 4) is 0 Å². The summed E-state index contributed by atoms with van der Waals surface area (Å²) in [6.45, 7) is 2.10. The SMILES string of the molecule is CC1(CC(=O)c2ccc3ccccc3c2)CCC(c2ccccc2)=N1. The number of carbonyl (C=O) groups is 1. The predicted octanol–water partition coefficient (Wildman–Crippen LogP) is 5.45. The van der Waals surface area contributed by atoms with Crippen LogP contribution in [-0.4, -0.2) is 17.0 Å². The van der Waals surface area contributed by atoms with Gasteiger partial charge in [-0.2, -0.15) is 0 Å². The van der Waals surface area contributed by atoms with Gasteiger partial charge in [-0.3, -0.25) is 9.79 Å². The van der Waals surface area contributed by atoms with E-state index in [-0.39, 0.29) is 11.3 Å². The van der Waals surface area contributed by atoms with Crippen LogP contribution in [0, 0.1) is 0 Å². The molecule has 0 aliphatic carbocycles. The standard InChI is InChI=1S/C23H21NO/c1-23(14-13-21(24-23)18-8-3-2-4-9-18)16-22(25)20-12-11-17-7-5-6-10-19(17)15-20/h2-12,15H,13-14,16H2,1H3. The largest absolute Gasteiger partial charge is 0.294 e. The summed E-state index contributed by atoms with van der Waals surface area (Å²) in [5, 5.41) is 2.27. The molecule has 1 aliphatic rings. The van der Waals surface area contributed by atoms with E-state index in [2.05, 4.69) is 31.2 Å². The average Bonchev–Trinajstić information content (AvgIpc) is 3.04. The molecular formula is C23H21NO. The molecule has 0 bridgehead atoms. The number of rotatable bonds is 4. The fraction of sp³-hybridized carbons (Fsp3) is 0.217. The fourth-order valence-corrected chi connectivity index (χ4v) is 3.60. The highest BCUT2D eigenvalue weighted by Crippen LogP contribution is 2.32. The zero-order chi connectivity index (χ0) is 17.3. The van der Waals surface area contributed by atoms with Crippen molar-refractivity contribution in [1.82, 2.24) is 0 Å². The minimum Gasteiger partial charge on any atom is -0.294 e. The van der Waals surface area contributed by atoms with Gasteiger partial charge in [0, 0.05) is 17.7 Å². The smallest absolute Gasteiger partial charge is 0.165 e. The highest BCUT2D eigenvalue weighted by Gasteiger charge is 2.32. The van der Waals surface area contributed by atoms with Gasteiger partial charge >= 0.3 is 0 Å². The lowest BCUT2D eigenvalue weighted by molar-refractivity contribution is 0.0956. The van der Waals surface area contributed by atoms with Crippen molar-refractivity contribution in [2.45, 2.75) is 31.7 Å². The fourth-order valence-electron chi connectivity index (χ4n) is 3.60. The van der Waals surface area contributed by atoms with Gasteiger partial charge in [0.25, 0.3) is 0 Å². The first-order chi connectivity index (χ1) is 12.1. The van der Waals surface area contributed by atoms with E-state index in [1.54, 1.807) is 0 Å². The Morgan fingerprint density at radius 3 is 2.48 bits per heavy atom. The summed E-state index contributed by atoms with van der Waals surface area (Å²) >= 11 is 0. The second-order valence-electron chi connectivity index (χ2n) is 7.08. The second kappa shape index (κ2) is 6.29. The van der Waals surface area contributed by atoms with E-state index in [9.17, 15) is 4.79 Å². The van der Waals surface area contributed by atoms with Crippen LogP contribution in [-0.2, 0) is 0 Å². The van der Waals surface area contributed by atoms with E-state index in [0.29, 0.717) is 6.42 Å². The Morgan fingerprint density at radius 2 is 1.68 bits per heavy atom. The molecule has 0 aromatic heterocycles. The first-order valence-corrected chi connectivity index (χ1v) is 8.79. The molecule has 2 nitrogen and oxygen atoms in total. The molecule has 0 saturated heterocycles. The van der Waals surface area contributed by atoms with Gasteiger partial charge in [0.1, 0.15) is 0 Å². The molecule has 2 heteroatoms. The summed E-state index contributed by atoms with van der Waals surface area (Å²) in [5.41, 5.74) is 2.77. The number of hydrogen-bond acceptors (Lipinski definition) is 2. The predicted molar refractivity (Wildman–Crippen MR) is 104 cm³/mol. The summed E-state index contributed by atoms with van der Waals surface area (Å²) in [5.74, 6) is 0.173. The third-order valence-corrected chi connectivity index (χ3v) is 5.03. The summed E-state index contributed by atoms with van der Waals surface area (Å²) in [7, 11) is 0. The van der Waals surface area contributed by atoms with Crippen LogP contribution >= 0.6 is 0 Å². The van der Waals surface area contributed by atoms with E-state index >= 15 is 0 Å². The lowest BCUT2D eigenvalue weighted by Crippen LogP contribution is -2.23. The molecule has 0 N–H and O–H groups in total. The number of benzene rings is 3. The molecule has 1 unspecified atom stereocenters. The Kier molecular flexibility index (Phi) is 3.96. The van der Waals surface area contributed by atoms with E-state index in [4.69, 9.17) is 4.99 Å². The van der Waals surface area contributed by atoms with Crippen LogP contribution in [0.5, 0.6) is 0 Å². The number of hydrogen-bond donors (Lipinski definition) is 0. The molecule has 124 valence electrons. The molecule has 0 spiro atoms. The van der Waals surface area contributed by atoms with Crippen LogP contribution in [0.25, 0.3) is 10.8 Å². The van der Waals surface area contributed by atoms with E-state index < -0.39 is 0 Å². The van der Waals surface area contributed by atoms with Crippen LogP contribution in [0.1, 0.15) is 42.1 Å². The number of carbonyl (C=O) groups excluding carboxylic acids is 1. The van der Waals surface area contributed by atoms with E-state index in [0.717, 1.165) is 34.9 Å². The Balaban J connectivity index is 1.56. The number of aliphatic imine (C=N–C) groups is 1. The molecule has 0 radical (unpaired) electrons. The third kappa shape index (κ3) is 3.25. The van der Waals surface area contributed by atoms with Crippen molar-refractivity contribution >= 4 is 22.3 Å². The first kappa shape index (κ1) is 15.8. The summed E-state index contributed by atoms with van der Waals surface area (Å²) in [6, 6.07) is 24.4. The van der Waals surface area contributed by atoms with Crippen LogP contribution in [0.2, 0.25) is 0 Å². The van der Waals surface area contributed by atoms with E-state index in [1.165, 1.54) is 5.56 Å². The molecule has 1 heterocycles. The first-order valence-electron chi connectivity index (χ1n) is 8.79. The van der Waals surface area contributed by atoms with Crippen molar-refractivity contribution in [2.24, 2.45) is 4.99 Å². The van der Waals surface area contributed by atoms with Gasteiger partial charge in [0.05, 0.1) is 5.54 Å². The maximum Gasteiger partial charge on any atom is 0.165 e. The topological polar surface area (TPSA) is 29.4 Å². The third-order valence-electron chi connectivity index (χ3n) is 5.03. The van der Waals surface area contributed by atoms with Crippen LogP contribution in [0.3, 0.4) is 0 Å². The van der Waals surface area contributed by atoms with Gasteiger partial charge in [-0.05, 0) is 42.2 Å². The number of fused-ring (bicyclic) bond motifs is 1. The number of Topliss-reactive ketones (excluding diaryl/α,β-unsaturated/α-hetero) is 1. The Morgan fingerprint density at radius 1 is 0.960 bits per heavy atom. The highest BCUT2D eigenvalue weighted by molar-refractivity contribution is 6.04. The maximum atomic E-state index is 12.8. The molecule has 3 aromatic rings. The van der Waals surface area contributed by atoms with Gasteiger partial charge in [0.2, 0.25) is 0 Å². The van der Waals surface area contributed by atoms with Crippen molar-refractivity contribution in [2.75, 3.05) is 0 Å². The summed E-state index contributed by atoms with van der Waals surface area (Å²) in [6.07, 6.45) is 2.32. The lowest BCUT2D eigenvalue weighted by atomic mass is 9.90. The zero-order valence-corrected chi connectivity index (χ0v) is 14.4. The van der Waals surface area contributed by atoms with Crippen molar-refractivity contribution < 1.29 is 4.79 Å². The molecule has 1 aliphatic heterocycles. The van der Waals surface area contributed by atoms with Crippen molar-refractivity contribution in [1.29, 1.82) is 0 Å². The molecule has 0 fully saturated rings. The Bertz CT molecular complexity index is 958. The monoisotopic (exact) mass is 327 g/mol.